The number of methoxy groups -OCH3 is 1. The number of nitrogens with zero attached hydrogens (tertiary/aromatic N) is 4. The number of aromatic hydroxyl groups is 1. The van der Waals surface area contributed by atoms with Crippen molar-refractivity contribution >= 4 is 17.3 Å². The molecule has 40 heavy (non-hydrogen) atoms. The van der Waals surface area contributed by atoms with Gasteiger partial charge in [-0.05, 0) is 68.3 Å². The van der Waals surface area contributed by atoms with Crippen molar-refractivity contribution in [2.75, 3.05) is 38.2 Å². The number of halogens is 2. The van der Waals surface area contributed by atoms with Gasteiger partial charge in [-0.25, -0.2) is 9.18 Å². The maximum Gasteiger partial charge on any atom is 0.332 e. The van der Waals surface area contributed by atoms with Gasteiger partial charge in [-0.15, -0.1) is 0 Å². The Morgan fingerprint density at radius 1 is 0.950 bits per heavy atom. The van der Waals surface area contributed by atoms with Crippen molar-refractivity contribution in [1.82, 2.24) is 14.0 Å². The molecule has 0 radical (unpaired) electrons. The molecular weight excluding hydrogens is 531 g/mol. The Morgan fingerprint density at radius 2 is 1.62 bits per heavy atom. The minimum atomic E-state index is -0.495. The topological polar surface area (TPSA) is 62.9 Å². The molecule has 0 bridgehead atoms. The minimum Gasteiger partial charge on any atom is -0.507 e. The highest BCUT2D eigenvalue weighted by atomic mass is 35.5. The van der Waals surface area contributed by atoms with Crippen LogP contribution < -0.4 is 15.3 Å². The number of phenolic OH excluding ortho intramolecular Hbond substituents is 1. The molecule has 1 saturated heterocycles. The van der Waals surface area contributed by atoms with Crippen molar-refractivity contribution in [3.05, 3.63) is 82.2 Å². The lowest BCUT2D eigenvalue weighted by atomic mass is 9.96. The highest BCUT2D eigenvalue weighted by Gasteiger charge is 2.26. The van der Waals surface area contributed by atoms with Crippen molar-refractivity contribution in [3.63, 3.8) is 0 Å². The summed E-state index contributed by atoms with van der Waals surface area (Å²) in [4.78, 5) is 17.3. The zero-order valence-electron chi connectivity index (χ0n) is 23.4. The van der Waals surface area contributed by atoms with E-state index in [2.05, 4.69) is 30.6 Å². The second-order valence-electron chi connectivity index (χ2n) is 11.1. The van der Waals surface area contributed by atoms with Crippen LogP contribution in [0.15, 0.2) is 65.7 Å². The summed E-state index contributed by atoms with van der Waals surface area (Å²) < 4.78 is 23.4. The number of hydrogen-bond donors (Lipinski definition) is 1. The lowest BCUT2D eigenvalue weighted by Gasteiger charge is -2.43. The number of rotatable bonds is 5. The molecule has 0 amide bonds. The maximum absolute atomic E-state index is 15.0. The minimum absolute atomic E-state index is 0.0705. The van der Waals surface area contributed by atoms with Crippen LogP contribution in [-0.4, -0.2) is 58.0 Å². The summed E-state index contributed by atoms with van der Waals surface area (Å²) in [5.41, 5.74) is 3.05. The van der Waals surface area contributed by atoms with Crippen LogP contribution in [0.25, 0.3) is 27.9 Å². The van der Waals surface area contributed by atoms with Gasteiger partial charge in [0, 0.05) is 68.0 Å². The maximum atomic E-state index is 15.0. The van der Waals surface area contributed by atoms with E-state index >= 15 is 4.39 Å². The molecule has 1 N–H and O–H groups in total. The quantitative estimate of drug-likeness (QED) is 0.325. The predicted octanol–water partition coefficient (Wildman–Crippen LogP) is 5.94. The molecule has 3 aromatic carbocycles. The SMILES string of the molecule is COc1cc(-c2cc(F)cc(-c3cccc(N4CCN(C(C)(C)C)CC4)c3)c2O)cc(Cl)c1-n1ccn(C)c1=O. The first-order valence-corrected chi connectivity index (χ1v) is 13.6. The Morgan fingerprint density at radius 3 is 2.23 bits per heavy atom. The molecule has 210 valence electrons. The Labute approximate surface area is 238 Å². The van der Waals surface area contributed by atoms with Crippen LogP contribution in [-0.2, 0) is 7.05 Å². The molecule has 1 aliphatic heterocycles. The molecule has 1 aliphatic rings. The van der Waals surface area contributed by atoms with Crippen LogP contribution in [0.5, 0.6) is 11.5 Å². The van der Waals surface area contributed by atoms with Gasteiger partial charge in [0.1, 0.15) is 23.0 Å². The molecule has 5 rings (SSSR count). The molecule has 0 aliphatic carbocycles. The van der Waals surface area contributed by atoms with Crippen LogP contribution in [0, 0.1) is 5.82 Å². The van der Waals surface area contributed by atoms with Crippen molar-refractivity contribution in [2.24, 2.45) is 7.05 Å². The van der Waals surface area contributed by atoms with Gasteiger partial charge in [0.25, 0.3) is 0 Å². The van der Waals surface area contributed by atoms with Gasteiger partial charge >= 0.3 is 5.69 Å². The van der Waals surface area contributed by atoms with Gasteiger partial charge in [-0.3, -0.25) is 9.47 Å². The molecule has 1 aromatic heterocycles. The summed E-state index contributed by atoms with van der Waals surface area (Å²) in [5.74, 6) is -0.248. The first kappa shape index (κ1) is 27.8. The molecule has 0 spiro atoms. The van der Waals surface area contributed by atoms with Crippen LogP contribution in [0.2, 0.25) is 5.02 Å². The number of piperazine rings is 1. The molecule has 0 atom stereocenters. The number of anilines is 1. The Kier molecular flexibility index (Phi) is 7.42. The van der Waals surface area contributed by atoms with E-state index in [0.29, 0.717) is 28.1 Å². The van der Waals surface area contributed by atoms with Gasteiger partial charge in [-0.2, -0.15) is 0 Å². The molecule has 0 unspecified atom stereocenters. The summed E-state index contributed by atoms with van der Waals surface area (Å²) in [5, 5.41) is 11.6. The summed E-state index contributed by atoms with van der Waals surface area (Å²) in [6.45, 7) is 10.4. The third kappa shape index (κ3) is 5.21. The number of aryl methyl sites for hydroxylation is 1. The molecule has 2 heterocycles. The fourth-order valence-electron chi connectivity index (χ4n) is 5.30. The standard InChI is InChI=1S/C31H34ClFN4O3/c1-31(2,3)36-12-10-35(11-13-36)23-8-6-7-20(15-23)24-18-22(33)19-25(29(24)38)21-16-26(32)28(27(17-21)40-5)37-14-9-34(4)30(37)39/h6-9,14-19,38H,10-13H2,1-5H3. The molecular formula is C31H34ClFN4O3. The van der Waals surface area contributed by atoms with Gasteiger partial charge in [0.05, 0.1) is 12.1 Å². The Hall–Kier alpha value is -3.75. The highest BCUT2D eigenvalue weighted by molar-refractivity contribution is 6.33. The average molecular weight is 565 g/mol. The summed E-state index contributed by atoms with van der Waals surface area (Å²) in [6.07, 6.45) is 3.22. The van der Waals surface area contributed by atoms with Crippen molar-refractivity contribution < 1.29 is 14.2 Å². The van der Waals surface area contributed by atoms with Gasteiger partial charge in [-0.1, -0.05) is 23.7 Å². The van der Waals surface area contributed by atoms with E-state index in [1.807, 2.05) is 24.3 Å². The van der Waals surface area contributed by atoms with Crippen LogP contribution in [0.1, 0.15) is 20.8 Å². The molecule has 9 heteroatoms. The summed E-state index contributed by atoms with van der Waals surface area (Å²) in [6, 6.07) is 13.7. The second-order valence-corrected chi connectivity index (χ2v) is 11.5. The zero-order chi connectivity index (χ0) is 28.8. The Balaban J connectivity index is 1.52. The fourth-order valence-corrected chi connectivity index (χ4v) is 5.60. The molecule has 1 fully saturated rings. The number of benzene rings is 3. The summed E-state index contributed by atoms with van der Waals surface area (Å²) in [7, 11) is 3.11. The average Bonchev–Trinajstić information content (AvgIpc) is 3.26. The molecule has 4 aromatic rings. The van der Waals surface area contributed by atoms with E-state index in [0.717, 1.165) is 31.9 Å². The number of phenols is 1. The van der Waals surface area contributed by atoms with E-state index in [1.54, 1.807) is 31.6 Å². The molecule has 7 nitrogen and oxygen atoms in total. The first-order valence-electron chi connectivity index (χ1n) is 13.2. The van der Waals surface area contributed by atoms with E-state index in [4.69, 9.17) is 16.3 Å². The first-order chi connectivity index (χ1) is 19.0. The number of ether oxygens (including phenoxy) is 1. The van der Waals surface area contributed by atoms with E-state index in [9.17, 15) is 9.90 Å². The normalized spacial score (nSPS) is 14.5. The van der Waals surface area contributed by atoms with E-state index in [-0.39, 0.29) is 27.6 Å². The zero-order valence-corrected chi connectivity index (χ0v) is 24.2. The third-order valence-corrected chi connectivity index (χ3v) is 7.86. The monoisotopic (exact) mass is 564 g/mol. The van der Waals surface area contributed by atoms with E-state index < -0.39 is 5.82 Å². The lowest BCUT2D eigenvalue weighted by Crippen LogP contribution is -2.53. The van der Waals surface area contributed by atoms with Crippen molar-refractivity contribution in [1.29, 1.82) is 0 Å². The lowest BCUT2D eigenvalue weighted by molar-refractivity contribution is 0.128. The molecule has 0 saturated carbocycles. The van der Waals surface area contributed by atoms with Crippen LogP contribution >= 0.6 is 11.6 Å². The predicted molar refractivity (Wildman–Crippen MR) is 159 cm³/mol. The summed E-state index contributed by atoms with van der Waals surface area (Å²) >= 11 is 6.64. The van der Waals surface area contributed by atoms with Crippen molar-refractivity contribution in [2.45, 2.75) is 26.3 Å². The van der Waals surface area contributed by atoms with Crippen LogP contribution in [0.3, 0.4) is 0 Å². The fraction of sp³-hybridized carbons (Fsp3) is 0.323. The van der Waals surface area contributed by atoms with Crippen molar-refractivity contribution in [3.8, 4) is 39.4 Å². The third-order valence-electron chi connectivity index (χ3n) is 7.57. The highest BCUT2D eigenvalue weighted by Crippen LogP contribution is 2.43. The Bertz CT molecular complexity index is 1610. The number of hydrogen-bond acceptors (Lipinski definition) is 5. The number of aromatic nitrogens is 2. The van der Waals surface area contributed by atoms with Gasteiger partial charge in [0.15, 0.2) is 0 Å². The van der Waals surface area contributed by atoms with Crippen LogP contribution in [0.4, 0.5) is 10.1 Å². The van der Waals surface area contributed by atoms with Gasteiger partial charge < -0.3 is 19.3 Å². The smallest absolute Gasteiger partial charge is 0.332 e. The van der Waals surface area contributed by atoms with Gasteiger partial charge in [0.2, 0.25) is 0 Å². The second kappa shape index (κ2) is 10.7. The number of imidazole rings is 1. The largest absolute Gasteiger partial charge is 0.507 e. The van der Waals surface area contributed by atoms with E-state index in [1.165, 1.54) is 28.4 Å².